The third-order valence-corrected chi connectivity index (χ3v) is 3.30. The standard InChI is InChI=1S/C16H15N5O2/c22-15(13-10-18-14-6-2-1-5-12(13)14)20-21-16(23)19-9-11-4-3-7-17-8-11/h1-8,10,18H,9H2,(H,20,22)(H2,19,21,23). The lowest BCUT2D eigenvalue weighted by molar-refractivity contribution is 0.0938. The molecule has 0 spiro atoms. The van der Waals surface area contributed by atoms with E-state index in [-0.39, 0.29) is 5.91 Å². The minimum Gasteiger partial charge on any atom is -0.360 e. The SMILES string of the molecule is O=C(NCc1cccnc1)NNC(=O)c1c[nH]c2ccccc12. The Balaban J connectivity index is 1.53. The largest absolute Gasteiger partial charge is 0.360 e. The topological polar surface area (TPSA) is 98.9 Å². The van der Waals surface area contributed by atoms with E-state index in [9.17, 15) is 9.59 Å². The molecule has 0 radical (unpaired) electrons. The highest BCUT2D eigenvalue weighted by Crippen LogP contribution is 2.16. The minimum atomic E-state index is -0.498. The highest BCUT2D eigenvalue weighted by Gasteiger charge is 2.12. The number of benzene rings is 1. The molecule has 7 heteroatoms. The summed E-state index contributed by atoms with van der Waals surface area (Å²) in [6.45, 7) is 0.322. The Morgan fingerprint density at radius 2 is 1.96 bits per heavy atom. The second kappa shape index (κ2) is 6.61. The van der Waals surface area contributed by atoms with Gasteiger partial charge in [0.05, 0.1) is 5.56 Å². The van der Waals surface area contributed by atoms with Gasteiger partial charge in [0.2, 0.25) is 0 Å². The number of carbonyl (C=O) groups is 2. The van der Waals surface area contributed by atoms with Gasteiger partial charge >= 0.3 is 6.03 Å². The van der Waals surface area contributed by atoms with Gasteiger partial charge in [0.15, 0.2) is 0 Å². The van der Waals surface area contributed by atoms with Crippen LogP contribution in [0.4, 0.5) is 4.79 Å². The van der Waals surface area contributed by atoms with Crippen LogP contribution < -0.4 is 16.2 Å². The van der Waals surface area contributed by atoms with Crippen LogP contribution in [0.3, 0.4) is 0 Å². The monoisotopic (exact) mass is 309 g/mol. The number of carbonyl (C=O) groups excluding carboxylic acids is 2. The summed E-state index contributed by atoms with van der Waals surface area (Å²) in [5, 5.41) is 3.42. The number of aromatic nitrogens is 2. The molecule has 3 rings (SSSR count). The van der Waals surface area contributed by atoms with Crippen LogP contribution >= 0.6 is 0 Å². The van der Waals surface area contributed by atoms with Crippen molar-refractivity contribution in [3.05, 3.63) is 66.1 Å². The van der Waals surface area contributed by atoms with Crippen molar-refractivity contribution in [2.45, 2.75) is 6.54 Å². The highest BCUT2D eigenvalue weighted by atomic mass is 16.2. The van der Waals surface area contributed by atoms with E-state index < -0.39 is 6.03 Å². The summed E-state index contributed by atoms with van der Waals surface area (Å²) in [6.07, 6.45) is 4.92. The molecule has 4 N–H and O–H groups in total. The molecule has 0 unspecified atom stereocenters. The van der Waals surface area contributed by atoms with Gasteiger partial charge in [-0.1, -0.05) is 24.3 Å². The van der Waals surface area contributed by atoms with E-state index in [2.05, 4.69) is 26.1 Å². The molecule has 3 amide bonds. The zero-order chi connectivity index (χ0) is 16.1. The molecule has 7 nitrogen and oxygen atoms in total. The van der Waals surface area contributed by atoms with Crippen molar-refractivity contribution in [2.75, 3.05) is 0 Å². The van der Waals surface area contributed by atoms with E-state index in [1.165, 1.54) is 0 Å². The number of hydrogen-bond acceptors (Lipinski definition) is 3. The van der Waals surface area contributed by atoms with E-state index in [0.29, 0.717) is 12.1 Å². The van der Waals surface area contributed by atoms with E-state index in [4.69, 9.17) is 0 Å². The number of rotatable bonds is 3. The van der Waals surface area contributed by atoms with Crippen LogP contribution in [0.5, 0.6) is 0 Å². The number of para-hydroxylation sites is 1. The lowest BCUT2D eigenvalue weighted by Gasteiger charge is -2.08. The van der Waals surface area contributed by atoms with Crippen LogP contribution in [0.1, 0.15) is 15.9 Å². The maximum atomic E-state index is 12.1. The molecule has 3 aromatic rings. The number of hydrogen-bond donors (Lipinski definition) is 4. The number of H-pyrrole nitrogens is 1. The number of fused-ring (bicyclic) bond motifs is 1. The number of urea groups is 1. The van der Waals surface area contributed by atoms with E-state index in [1.54, 1.807) is 24.7 Å². The Kier molecular flexibility index (Phi) is 4.19. The second-order valence-electron chi connectivity index (χ2n) is 4.87. The van der Waals surface area contributed by atoms with Crippen molar-refractivity contribution in [2.24, 2.45) is 0 Å². The average Bonchev–Trinajstić information content (AvgIpc) is 3.03. The van der Waals surface area contributed by atoms with Gasteiger partial charge in [0, 0.05) is 36.0 Å². The summed E-state index contributed by atoms with van der Waals surface area (Å²) < 4.78 is 0. The number of nitrogens with zero attached hydrogens (tertiary/aromatic N) is 1. The fourth-order valence-corrected chi connectivity index (χ4v) is 2.17. The van der Waals surface area contributed by atoms with Gasteiger partial charge in [-0.25, -0.2) is 10.2 Å². The summed E-state index contributed by atoms with van der Waals surface area (Å²) >= 11 is 0. The summed E-state index contributed by atoms with van der Waals surface area (Å²) in [6, 6.07) is 10.6. The lowest BCUT2D eigenvalue weighted by atomic mass is 10.2. The Morgan fingerprint density at radius 1 is 1.09 bits per heavy atom. The molecule has 0 atom stereocenters. The van der Waals surface area contributed by atoms with Crippen LogP contribution in [-0.4, -0.2) is 21.9 Å². The Labute approximate surface area is 132 Å². The zero-order valence-electron chi connectivity index (χ0n) is 12.2. The number of amides is 3. The van der Waals surface area contributed by atoms with Crippen molar-refractivity contribution >= 4 is 22.8 Å². The van der Waals surface area contributed by atoms with Crippen molar-refractivity contribution in [1.29, 1.82) is 0 Å². The van der Waals surface area contributed by atoms with Crippen LogP contribution in [0.25, 0.3) is 10.9 Å². The Bertz CT molecular complexity index is 829. The summed E-state index contributed by atoms with van der Waals surface area (Å²) in [5.41, 5.74) is 6.89. The van der Waals surface area contributed by atoms with Gasteiger partial charge in [0.25, 0.3) is 5.91 Å². The second-order valence-corrected chi connectivity index (χ2v) is 4.87. The summed E-state index contributed by atoms with van der Waals surface area (Å²) in [5.74, 6) is -0.390. The quantitative estimate of drug-likeness (QED) is 0.554. The van der Waals surface area contributed by atoms with Crippen molar-refractivity contribution < 1.29 is 9.59 Å². The minimum absolute atomic E-state index is 0.322. The number of nitrogens with one attached hydrogen (secondary N) is 4. The third-order valence-electron chi connectivity index (χ3n) is 3.30. The summed E-state index contributed by atoms with van der Waals surface area (Å²) in [4.78, 5) is 30.8. The molecule has 0 aliphatic carbocycles. The Hall–Kier alpha value is -3.35. The van der Waals surface area contributed by atoms with E-state index >= 15 is 0 Å². The van der Waals surface area contributed by atoms with Gasteiger partial charge in [-0.2, -0.15) is 0 Å². The number of aromatic amines is 1. The molecule has 2 aromatic heterocycles. The molecular weight excluding hydrogens is 294 g/mol. The molecule has 1 aromatic carbocycles. The molecule has 116 valence electrons. The molecule has 0 saturated carbocycles. The zero-order valence-corrected chi connectivity index (χ0v) is 12.2. The van der Waals surface area contributed by atoms with Crippen molar-refractivity contribution in [3.8, 4) is 0 Å². The number of pyridine rings is 1. The maximum absolute atomic E-state index is 12.1. The van der Waals surface area contributed by atoms with Gasteiger partial charge in [0.1, 0.15) is 0 Å². The first kappa shape index (κ1) is 14.6. The Morgan fingerprint density at radius 3 is 2.78 bits per heavy atom. The third kappa shape index (κ3) is 3.46. The van der Waals surface area contributed by atoms with Crippen LogP contribution in [0.2, 0.25) is 0 Å². The first-order valence-corrected chi connectivity index (χ1v) is 7.03. The van der Waals surface area contributed by atoms with Crippen LogP contribution in [-0.2, 0) is 6.54 Å². The highest BCUT2D eigenvalue weighted by molar-refractivity contribution is 6.06. The molecule has 23 heavy (non-hydrogen) atoms. The maximum Gasteiger partial charge on any atom is 0.333 e. The lowest BCUT2D eigenvalue weighted by Crippen LogP contribution is -2.46. The molecule has 0 aliphatic heterocycles. The fourth-order valence-electron chi connectivity index (χ4n) is 2.17. The molecule has 0 saturated heterocycles. The predicted octanol–water partition coefficient (Wildman–Crippen LogP) is 1.71. The molecule has 0 aliphatic rings. The fraction of sp³-hybridized carbons (Fsp3) is 0.0625. The van der Waals surface area contributed by atoms with Gasteiger partial charge < -0.3 is 10.3 Å². The number of hydrazine groups is 1. The first-order valence-electron chi connectivity index (χ1n) is 7.03. The van der Waals surface area contributed by atoms with Crippen molar-refractivity contribution in [3.63, 3.8) is 0 Å². The van der Waals surface area contributed by atoms with E-state index in [0.717, 1.165) is 16.5 Å². The van der Waals surface area contributed by atoms with Crippen molar-refractivity contribution in [1.82, 2.24) is 26.1 Å². The van der Waals surface area contributed by atoms with E-state index in [1.807, 2.05) is 30.3 Å². The van der Waals surface area contributed by atoms with Gasteiger partial charge in [-0.15, -0.1) is 0 Å². The average molecular weight is 309 g/mol. The summed E-state index contributed by atoms with van der Waals surface area (Å²) in [7, 11) is 0. The predicted molar refractivity (Wildman–Crippen MR) is 85.4 cm³/mol. The molecular formula is C16H15N5O2. The van der Waals surface area contributed by atoms with Gasteiger partial charge in [-0.05, 0) is 17.7 Å². The van der Waals surface area contributed by atoms with Gasteiger partial charge in [-0.3, -0.25) is 15.2 Å². The smallest absolute Gasteiger partial charge is 0.333 e. The first-order chi connectivity index (χ1) is 11.2. The van der Waals surface area contributed by atoms with Crippen LogP contribution in [0.15, 0.2) is 55.0 Å². The normalized spacial score (nSPS) is 10.3. The molecule has 0 bridgehead atoms. The molecule has 0 fully saturated rings. The van der Waals surface area contributed by atoms with Crippen LogP contribution in [0, 0.1) is 0 Å². The molecule has 2 heterocycles.